The number of thioether (sulfide) groups is 1. The molecule has 0 aromatic carbocycles. The Morgan fingerprint density at radius 1 is 0.394 bits per heavy atom. The fourth-order valence-corrected chi connectivity index (χ4v) is 7.35. The zero-order valence-corrected chi connectivity index (χ0v) is 25.1. The van der Waals surface area contributed by atoms with E-state index in [1.807, 2.05) is 0 Å². The summed E-state index contributed by atoms with van der Waals surface area (Å²) < 4.78 is 0. The van der Waals surface area contributed by atoms with Crippen molar-refractivity contribution in [2.75, 3.05) is 0 Å². The van der Waals surface area contributed by atoms with Gasteiger partial charge in [0.05, 0.1) is 0 Å². The molecule has 0 fully saturated rings. The Labute approximate surface area is 216 Å². The van der Waals surface area contributed by atoms with Crippen LogP contribution in [0, 0.1) is 11.8 Å². The van der Waals surface area contributed by atoms with Crippen molar-refractivity contribution in [3.8, 4) is 0 Å². The predicted molar refractivity (Wildman–Crippen MR) is 158 cm³/mol. The van der Waals surface area contributed by atoms with Crippen LogP contribution in [0.4, 0.5) is 0 Å². The quantitative estimate of drug-likeness (QED) is 0.110. The molecule has 0 spiro atoms. The molecule has 0 nitrogen and oxygen atoms in total. The molecule has 0 bridgehead atoms. The maximum absolute atomic E-state index is 2.55. The Hall–Kier alpha value is 0.350. The summed E-state index contributed by atoms with van der Waals surface area (Å²) in [7, 11) is 0. The molecular weight excluding hydrogens is 416 g/mol. The van der Waals surface area contributed by atoms with E-state index in [-0.39, 0.29) is 0 Å². The molecule has 0 aliphatic rings. The molecule has 0 radical (unpaired) electrons. The van der Waals surface area contributed by atoms with Gasteiger partial charge in [0.1, 0.15) is 0 Å². The maximum atomic E-state index is 2.55. The van der Waals surface area contributed by atoms with Crippen molar-refractivity contribution in [1.82, 2.24) is 0 Å². The van der Waals surface area contributed by atoms with Gasteiger partial charge in [-0.2, -0.15) is 11.8 Å². The van der Waals surface area contributed by atoms with Crippen LogP contribution in [0.3, 0.4) is 0 Å². The molecule has 0 heterocycles. The summed E-state index contributed by atoms with van der Waals surface area (Å²) in [5.41, 5.74) is 0. The monoisotopic (exact) mass is 482 g/mol. The van der Waals surface area contributed by atoms with E-state index >= 15 is 0 Å². The van der Waals surface area contributed by atoms with Gasteiger partial charge in [-0.15, -0.1) is 0 Å². The number of rotatable bonds is 26. The van der Waals surface area contributed by atoms with Crippen LogP contribution in [0.5, 0.6) is 0 Å². The fourth-order valence-electron chi connectivity index (χ4n) is 5.33. The van der Waals surface area contributed by atoms with Gasteiger partial charge in [0.25, 0.3) is 0 Å². The molecule has 1 heteroatoms. The highest BCUT2D eigenvalue weighted by atomic mass is 32.2. The summed E-state index contributed by atoms with van der Waals surface area (Å²) in [5, 5.41) is 1.82. The van der Waals surface area contributed by atoms with Gasteiger partial charge in [-0.3, -0.25) is 0 Å². The minimum Gasteiger partial charge on any atom is -0.155 e. The zero-order valence-electron chi connectivity index (χ0n) is 24.3. The third-order valence-electron chi connectivity index (χ3n) is 7.58. The lowest BCUT2D eigenvalue weighted by Gasteiger charge is -2.28. The summed E-state index contributed by atoms with van der Waals surface area (Å²) in [4.78, 5) is 0. The molecule has 0 amide bonds. The lowest BCUT2D eigenvalue weighted by molar-refractivity contribution is 0.429. The minimum atomic E-state index is 0.909. The molecular formula is C32H66S. The molecule has 0 aromatic heterocycles. The molecule has 0 rings (SSSR count). The Kier molecular flexibility index (Phi) is 25.7. The normalized spacial score (nSPS) is 15.5. The average Bonchev–Trinajstić information content (AvgIpc) is 2.80. The molecule has 0 N–H and O–H groups in total. The first-order valence-electron chi connectivity index (χ1n) is 15.7. The van der Waals surface area contributed by atoms with Crippen LogP contribution in [0.25, 0.3) is 0 Å². The largest absolute Gasteiger partial charge is 0.155 e. The molecule has 4 unspecified atom stereocenters. The average molecular weight is 483 g/mol. The topological polar surface area (TPSA) is 0 Å². The van der Waals surface area contributed by atoms with E-state index in [0.717, 1.165) is 22.3 Å². The molecule has 0 saturated carbocycles. The second-order valence-corrected chi connectivity index (χ2v) is 13.1. The van der Waals surface area contributed by atoms with Gasteiger partial charge >= 0.3 is 0 Å². The Balaban J connectivity index is 4.82. The Morgan fingerprint density at radius 3 is 1.00 bits per heavy atom. The summed E-state index contributed by atoms with van der Waals surface area (Å²) >= 11 is 2.45. The van der Waals surface area contributed by atoms with Gasteiger partial charge in [0.2, 0.25) is 0 Å². The van der Waals surface area contributed by atoms with E-state index < -0.39 is 0 Å². The summed E-state index contributed by atoms with van der Waals surface area (Å²) in [6.07, 6.45) is 31.6. The van der Waals surface area contributed by atoms with E-state index in [4.69, 9.17) is 0 Å². The van der Waals surface area contributed by atoms with Gasteiger partial charge in [-0.25, -0.2) is 0 Å². The molecule has 0 saturated heterocycles. The first-order chi connectivity index (χ1) is 16.1. The van der Waals surface area contributed by atoms with Gasteiger partial charge < -0.3 is 0 Å². The molecule has 33 heavy (non-hydrogen) atoms. The van der Waals surface area contributed by atoms with E-state index in [1.165, 1.54) is 141 Å². The second-order valence-electron chi connectivity index (χ2n) is 11.5. The maximum Gasteiger partial charge on any atom is 0.00523 e. The van der Waals surface area contributed by atoms with Gasteiger partial charge in [0.15, 0.2) is 0 Å². The first-order valence-corrected chi connectivity index (χ1v) is 16.7. The van der Waals surface area contributed by atoms with Gasteiger partial charge in [-0.1, -0.05) is 157 Å². The second kappa shape index (κ2) is 25.4. The lowest BCUT2D eigenvalue weighted by Crippen LogP contribution is -2.17. The van der Waals surface area contributed by atoms with Crippen LogP contribution in [0.1, 0.15) is 183 Å². The molecule has 200 valence electrons. The number of unbranched alkanes of at least 4 members (excludes halogenated alkanes) is 12. The van der Waals surface area contributed by atoms with Crippen molar-refractivity contribution in [3.63, 3.8) is 0 Å². The van der Waals surface area contributed by atoms with Crippen LogP contribution in [-0.4, -0.2) is 10.5 Å². The van der Waals surface area contributed by atoms with Crippen molar-refractivity contribution in [2.24, 2.45) is 11.8 Å². The Bertz CT molecular complexity index is 332. The molecule has 4 atom stereocenters. The van der Waals surface area contributed by atoms with Crippen molar-refractivity contribution in [2.45, 2.75) is 193 Å². The predicted octanol–water partition coefficient (Wildman–Crippen LogP) is 12.4. The van der Waals surface area contributed by atoms with Crippen molar-refractivity contribution < 1.29 is 0 Å². The highest BCUT2D eigenvalue weighted by molar-refractivity contribution is 8.00. The van der Waals surface area contributed by atoms with Crippen LogP contribution < -0.4 is 0 Å². The van der Waals surface area contributed by atoms with Crippen molar-refractivity contribution in [1.29, 1.82) is 0 Å². The molecule has 0 aliphatic heterocycles. The van der Waals surface area contributed by atoms with E-state index in [1.54, 1.807) is 0 Å². The van der Waals surface area contributed by atoms with Crippen LogP contribution in [0.15, 0.2) is 0 Å². The van der Waals surface area contributed by atoms with E-state index in [2.05, 4.69) is 53.3 Å². The lowest BCUT2D eigenvalue weighted by atomic mass is 9.95. The highest BCUT2D eigenvalue weighted by Gasteiger charge is 2.21. The van der Waals surface area contributed by atoms with Crippen LogP contribution >= 0.6 is 11.8 Å². The zero-order chi connectivity index (χ0) is 24.6. The summed E-state index contributed by atoms with van der Waals surface area (Å²) in [6.45, 7) is 14.5. The molecule has 0 aliphatic carbocycles. The van der Waals surface area contributed by atoms with Crippen molar-refractivity contribution in [3.05, 3.63) is 0 Å². The number of hydrogen-bond donors (Lipinski definition) is 0. The SMILES string of the molecule is CCCCCCC(C)CC(CCCCCC)SC(CCCCCC)CC(C)CCCCCC. The van der Waals surface area contributed by atoms with Gasteiger partial charge in [0, 0.05) is 10.5 Å². The minimum absolute atomic E-state index is 0.909. The third kappa shape index (κ3) is 22.6. The highest BCUT2D eigenvalue weighted by Crippen LogP contribution is 2.36. The van der Waals surface area contributed by atoms with E-state index in [0.29, 0.717) is 0 Å². The number of hydrogen-bond acceptors (Lipinski definition) is 1. The summed E-state index contributed by atoms with van der Waals surface area (Å²) in [5.74, 6) is 1.83. The first kappa shape index (κ1) is 33.4. The van der Waals surface area contributed by atoms with Crippen LogP contribution in [0.2, 0.25) is 0 Å². The standard InChI is InChI=1S/C32H66S/c1-7-11-15-19-23-29(5)27-31(25-21-17-13-9-3)33-32(26-22-18-14-10-4)28-30(6)24-20-16-12-8-2/h29-32H,7-28H2,1-6H3. The van der Waals surface area contributed by atoms with E-state index in [9.17, 15) is 0 Å². The Morgan fingerprint density at radius 2 is 0.697 bits per heavy atom. The van der Waals surface area contributed by atoms with Gasteiger partial charge in [-0.05, 0) is 37.5 Å². The fraction of sp³-hybridized carbons (Fsp3) is 1.00. The smallest absolute Gasteiger partial charge is 0.00523 e. The summed E-state index contributed by atoms with van der Waals surface area (Å²) in [6, 6.07) is 0. The van der Waals surface area contributed by atoms with Crippen LogP contribution in [-0.2, 0) is 0 Å². The molecule has 0 aromatic rings. The van der Waals surface area contributed by atoms with Crippen molar-refractivity contribution >= 4 is 11.8 Å². The third-order valence-corrected chi connectivity index (χ3v) is 9.20.